The van der Waals surface area contributed by atoms with Gasteiger partial charge in [0.05, 0.1) is 5.69 Å². The van der Waals surface area contributed by atoms with Gasteiger partial charge in [-0.25, -0.2) is 0 Å². The zero-order valence-corrected chi connectivity index (χ0v) is 9.19. The average molecular weight is 221 g/mol. The minimum atomic E-state index is -0.0498. The fourth-order valence-electron chi connectivity index (χ4n) is 1.73. The Morgan fingerprint density at radius 3 is 3.06 bits per heavy atom. The minimum Gasteiger partial charge on any atom is -0.482 e. The number of fused-ring (bicyclic) bond motifs is 1. The maximum absolute atomic E-state index is 11.7. The first-order valence-electron chi connectivity index (χ1n) is 5.21. The highest BCUT2D eigenvalue weighted by Gasteiger charge is 2.24. The molecule has 16 heavy (non-hydrogen) atoms. The molecule has 3 N–H and O–H groups in total. The van der Waals surface area contributed by atoms with Crippen molar-refractivity contribution >= 4 is 17.3 Å². The molecule has 0 atom stereocenters. The van der Waals surface area contributed by atoms with Crippen molar-refractivity contribution < 1.29 is 9.53 Å². The Morgan fingerprint density at radius 2 is 2.38 bits per heavy atom. The molecular weight excluding hydrogens is 206 g/mol. The van der Waals surface area contributed by atoms with E-state index in [1.165, 1.54) is 0 Å². The molecule has 0 radical (unpaired) electrons. The third-order valence-corrected chi connectivity index (χ3v) is 2.54. The van der Waals surface area contributed by atoms with Gasteiger partial charge in [0, 0.05) is 25.8 Å². The van der Waals surface area contributed by atoms with Gasteiger partial charge in [0.2, 0.25) is 0 Å². The van der Waals surface area contributed by atoms with Crippen LogP contribution in [0.3, 0.4) is 0 Å². The molecule has 1 aliphatic heterocycles. The number of nitrogens with zero attached hydrogens (tertiary/aromatic N) is 1. The fraction of sp³-hybridized carbons (Fsp3) is 0.364. The number of rotatable bonds is 3. The molecule has 1 amide bonds. The van der Waals surface area contributed by atoms with E-state index in [4.69, 9.17) is 10.5 Å². The van der Waals surface area contributed by atoms with Crippen LogP contribution in [0.2, 0.25) is 0 Å². The number of amides is 1. The van der Waals surface area contributed by atoms with Crippen molar-refractivity contribution in [1.82, 2.24) is 0 Å². The Morgan fingerprint density at radius 1 is 1.56 bits per heavy atom. The van der Waals surface area contributed by atoms with E-state index in [1.807, 2.05) is 25.2 Å². The number of nitrogens with two attached hydrogens (primary N) is 1. The highest BCUT2D eigenvalue weighted by atomic mass is 16.5. The lowest BCUT2D eigenvalue weighted by Gasteiger charge is -2.29. The van der Waals surface area contributed by atoms with Crippen LogP contribution in [-0.2, 0) is 4.79 Å². The molecule has 1 aromatic rings. The number of hydrogen-bond donors (Lipinski definition) is 2. The minimum absolute atomic E-state index is 0.0498. The van der Waals surface area contributed by atoms with Crippen LogP contribution in [-0.4, -0.2) is 32.7 Å². The van der Waals surface area contributed by atoms with Crippen LogP contribution in [0.25, 0.3) is 0 Å². The van der Waals surface area contributed by atoms with E-state index in [0.717, 1.165) is 17.1 Å². The number of anilines is 2. The van der Waals surface area contributed by atoms with Crippen LogP contribution < -0.4 is 20.7 Å². The van der Waals surface area contributed by atoms with E-state index < -0.39 is 0 Å². The van der Waals surface area contributed by atoms with E-state index in [0.29, 0.717) is 13.1 Å². The van der Waals surface area contributed by atoms with Crippen molar-refractivity contribution in [1.29, 1.82) is 0 Å². The second kappa shape index (κ2) is 4.40. The molecule has 0 aliphatic carbocycles. The largest absolute Gasteiger partial charge is 0.482 e. The lowest BCUT2D eigenvalue weighted by Crippen LogP contribution is -2.41. The summed E-state index contributed by atoms with van der Waals surface area (Å²) < 4.78 is 5.35. The monoisotopic (exact) mass is 221 g/mol. The van der Waals surface area contributed by atoms with Crippen LogP contribution in [0.4, 0.5) is 11.4 Å². The normalized spacial score (nSPS) is 14.4. The molecular formula is C11H15N3O2. The summed E-state index contributed by atoms with van der Waals surface area (Å²) in [6, 6.07) is 5.66. The number of hydrogen-bond acceptors (Lipinski definition) is 4. The van der Waals surface area contributed by atoms with Crippen LogP contribution in [0, 0.1) is 0 Å². The van der Waals surface area contributed by atoms with E-state index in [9.17, 15) is 4.79 Å². The van der Waals surface area contributed by atoms with Gasteiger partial charge in [-0.15, -0.1) is 0 Å². The van der Waals surface area contributed by atoms with Gasteiger partial charge < -0.3 is 20.7 Å². The molecule has 0 saturated heterocycles. The Balaban J connectivity index is 2.39. The molecule has 0 fully saturated rings. The summed E-state index contributed by atoms with van der Waals surface area (Å²) in [6.07, 6.45) is 0. The zero-order valence-electron chi connectivity index (χ0n) is 9.19. The molecule has 0 bridgehead atoms. The molecule has 1 aromatic carbocycles. The summed E-state index contributed by atoms with van der Waals surface area (Å²) in [6.45, 7) is 1.04. The first kappa shape index (κ1) is 10.8. The SMILES string of the molecule is CNc1ccc2c(c1)N(CCN)C(=O)CO2. The topological polar surface area (TPSA) is 67.6 Å². The summed E-state index contributed by atoms with van der Waals surface area (Å²) in [5, 5.41) is 3.03. The summed E-state index contributed by atoms with van der Waals surface area (Å²) in [5.41, 5.74) is 7.23. The highest BCUT2D eigenvalue weighted by molar-refractivity contribution is 5.98. The van der Waals surface area contributed by atoms with Gasteiger partial charge >= 0.3 is 0 Å². The van der Waals surface area contributed by atoms with Crippen molar-refractivity contribution in [3.63, 3.8) is 0 Å². The van der Waals surface area contributed by atoms with E-state index in [2.05, 4.69) is 5.32 Å². The van der Waals surface area contributed by atoms with Crippen molar-refractivity contribution in [2.45, 2.75) is 0 Å². The maximum Gasteiger partial charge on any atom is 0.265 e. The summed E-state index contributed by atoms with van der Waals surface area (Å²) in [7, 11) is 1.83. The fourth-order valence-corrected chi connectivity index (χ4v) is 1.73. The zero-order chi connectivity index (χ0) is 11.5. The van der Waals surface area contributed by atoms with Gasteiger partial charge in [-0.05, 0) is 18.2 Å². The van der Waals surface area contributed by atoms with Crippen LogP contribution in [0.15, 0.2) is 18.2 Å². The van der Waals surface area contributed by atoms with E-state index >= 15 is 0 Å². The maximum atomic E-state index is 11.7. The lowest BCUT2D eigenvalue weighted by atomic mass is 10.2. The Kier molecular flexibility index (Phi) is 2.96. The highest BCUT2D eigenvalue weighted by Crippen LogP contribution is 2.34. The first-order valence-corrected chi connectivity index (χ1v) is 5.21. The number of benzene rings is 1. The van der Waals surface area contributed by atoms with E-state index in [-0.39, 0.29) is 12.5 Å². The van der Waals surface area contributed by atoms with Gasteiger partial charge in [-0.2, -0.15) is 0 Å². The van der Waals surface area contributed by atoms with Crippen LogP contribution >= 0.6 is 0 Å². The number of carbonyl (C=O) groups excluding carboxylic acids is 1. The van der Waals surface area contributed by atoms with Crippen molar-refractivity contribution in [2.75, 3.05) is 37.0 Å². The summed E-state index contributed by atoms with van der Waals surface area (Å²) in [4.78, 5) is 13.3. The number of nitrogens with one attached hydrogen (secondary N) is 1. The molecule has 0 aromatic heterocycles. The van der Waals surface area contributed by atoms with Gasteiger partial charge in [-0.1, -0.05) is 0 Å². The molecule has 5 nitrogen and oxygen atoms in total. The first-order chi connectivity index (χ1) is 7.76. The Bertz CT molecular complexity index is 406. The Labute approximate surface area is 94.2 Å². The quantitative estimate of drug-likeness (QED) is 0.776. The van der Waals surface area contributed by atoms with Gasteiger partial charge in [0.1, 0.15) is 5.75 Å². The average Bonchev–Trinajstić information content (AvgIpc) is 2.32. The molecule has 1 aliphatic rings. The molecule has 5 heteroatoms. The molecule has 0 spiro atoms. The second-order valence-electron chi connectivity index (χ2n) is 3.56. The van der Waals surface area contributed by atoms with E-state index in [1.54, 1.807) is 4.90 Å². The Hall–Kier alpha value is -1.75. The molecule has 2 rings (SSSR count). The van der Waals surface area contributed by atoms with Gasteiger partial charge in [-0.3, -0.25) is 4.79 Å². The predicted molar refractivity (Wildman–Crippen MR) is 62.9 cm³/mol. The smallest absolute Gasteiger partial charge is 0.265 e. The molecule has 86 valence electrons. The van der Waals surface area contributed by atoms with Gasteiger partial charge in [0.25, 0.3) is 5.91 Å². The number of carbonyl (C=O) groups is 1. The molecule has 0 unspecified atom stereocenters. The standard InChI is InChI=1S/C11H15N3O2/c1-13-8-2-3-10-9(6-8)14(5-4-12)11(15)7-16-10/h2-3,6,13H,4-5,7,12H2,1H3. The third kappa shape index (κ3) is 1.81. The van der Waals surface area contributed by atoms with Crippen molar-refractivity contribution in [3.8, 4) is 5.75 Å². The number of ether oxygens (including phenoxy) is 1. The molecule has 0 saturated carbocycles. The van der Waals surface area contributed by atoms with Crippen molar-refractivity contribution in [2.24, 2.45) is 5.73 Å². The predicted octanol–water partition coefficient (Wildman–Crippen LogP) is 0.412. The van der Waals surface area contributed by atoms with Crippen molar-refractivity contribution in [3.05, 3.63) is 18.2 Å². The van der Waals surface area contributed by atoms with Crippen LogP contribution in [0.1, 0.15) is 0 Å². The molecule has 1 heterocycles. The summed E-state index contributed by atoms with van der Waals surface area (Å²) in [5.74, 6) is 0.679. The van der Waals surface area contributed by atoms with Crippen LogP contribution in [0.5, 0.6) is 5.75 Å². The third-order valence-electron chi connectivity index (χ3n) is 2.54. The lowest BCUT2D eigenvalue weighted by molar-refractivity contribution is -0.121. The second-order valence-corrected chi connectivity index (χ2v) is 3.56. The summed E-state index contributed by atoms with van der Waals surface area (Å²) >= 11 is 0. The van der Waals surface area contributed by atoms with Gasteiger partial charge in [0.15, 0.2) is 6.61 Å².